The molecule has 2 rings (SSSR count). The quantitative estimate of drug-likeness (QED) is 0.814. The number of nitrogens with zero attached hydrogens (tertiary/aromatic N) is 1. The van der Waals surface area contributed by atoms with Gasteiger partial charge in [-0.3, -0.25) is 4.79 Å². The summed E-state index contributed by atoms with van der Waals surface area (Å²) >= 11 is 0. The normalized spacial score (nSPS) is 17.9. The van der Waals surface area contributed by atoms with Crippen LogP contribution in [0.5, 0.6) is 0 Å². The third-order valence-electron chi connectivity index (χ3n) is 4.99. The lowest BCUT2D eigenvalue weighted by atomic mass is 9.83. The van der Waals surface area contributed by atoms with Crippen molar-refractivity contribution < 1.29 is 27.5 Å². The first kappa shape index (κ1) is 22.0. The minimum Gasteiger partial charge on any atom is -0.450 e. The lowest BCUT2D eigenvalue weighted by Crippen LogP contribution is -2.47. The molecule has 0 radical (unpaired) electrons. The summed E-state index contributed by atoms with van der Waals surface area (Å²) in [5.41, 5.74) is -0.881. The maximum atomic E-state index is 13.0. The van der Waals surface area contributed by atoms with Crippen LogP contribution >= 0.6 is 0 Å². The lowest BCUT2D eigenvalue weighted by Gasteiger charge is -2.32. The van der Waals surface area contributed by atoms with Gasteiger partial charge < -0.3 is 15.0 Å². The maximum absolute atomic E-state index is 13.0. The van der Waals surface area contributed by atoms with Crippen molar-refractivity contribution in [3.63, 3.8) is 0 Å². The van der Waals surface area contributed by atoms with Crippen molar-refractivity contribution in [3.8, 4) is 0 Å². The summed E-state index contributed by atoms with van der Waals surface area (Å²) < 4.78 is 43.9. The molecular formula is C20H27F3N2O3. The Bertz CT molecular complexity index is 704. The monoisotopic (exact) mass is 400 g/mol. The van der Waals surface area contributed by atoms with Gasteiger partial charge >= 0.3 is 12.3 Å². The number of alkyl halides is 3. The van der Waals surface area contributed by atoms with Gasteiger partial charge in [0.15, 0.2) is 0 Å². The van der Waals surface area contributed by atoms with E-state index in [1.165, 1.54) is 11.0 Å². The number of hydrogen-bond donors (Lipinski definition) is 1. The molecule has 0 spiro atoms. The molecule has 0 saturated carbocycles. The smallest absolute Gasteiger partial charge is 0.416 e. The first-order valence-electron chi connectivity index (χ1n) is 9.41. The van der Waals surface area contributed by atoms with Crippen molar-refractivity contribution in [2.24, 2.45) is 5.92 Å². The summed E-state index contributed by atoms with van der Waals surface area (Å²) in [6.45, 7) is 6.61. The zero-order valence-corrected chi connectivity index (χ0v) is 16.4. The van der Waals surface area contributed by atoms with Crippen LogP contribution in [-0.4, -0.2) is 43.1 Å². The van der Waals surface area contributed by atoms with Crippen LogP contribution in [0.4, 0.5) is 18.0 Å². The maximum Gasteiger partial charge on any atom is 0.416 e. The highest BCUT2D eigenvalue weighted by atomic mass is 19.4. The Hall–Kier alpha value is -2.25. The van der Waals surface area contributed by atoms with E-state index >= 15 is 0 Å². The average molecular weight is 400 g/mol. The van der Waals surface area contributed by atoms with Crippen LogP contribution in [-0.2, 0) is 21.1 Å². The molecule has 0 aromatic heterocycles. The molecule has 1 aliphatic rings. The fourth-order valence-corrected chi connectivity index (χ4v) is 3.24. The van der Waals surface area contributed by atoms with E-state index in [0.717, 1.165) is 12.1 Å². The minimum absolute atomic E-state index is 0.197. The minimum atomic E-state index is -4.41. The van der Waals surface area contributed by atoms with Crippen molar-refractivity contribution in [2.45, 2.75) is 45.2 Å². The Balaban J connectivity index is 1.98. The summed E-state index contributed by atoms with van der Waals surface area (Å²) in [5, 5.41) is 2.84. The van der Waals surface area contributed by atoms with Gasteiger partial charge in [-0.05, 0) is 31.4 Å². The Morgan fingerprint density at radius 1 is 1.25 bits per heavy atom. The molecule has 1 unspecified atom stereocenters. The van der Waals surface area contributed by atoms with Crippen LogP contribution in [0.2, 0.25) is 0 Å². The Morgan fingerprint density at radius 2 is 1.93 bits per heavy atom. The second-order valence-corrected chi connectivity index (χ2v) is 7.66. The summed E-state index contributed by atoms with van der Waals surface area (Å²) in [4.78, 5) is 25.9. The largest absolute Gasteiger partial charge is 0.450 e. The molecule has 5 nitrogen and oxygen atoms in total. The summed E-state index contributed by atoms with van der Waals surface area (Å²) in [6, 6.07) is 5.16. The van der Waals surface area contributed by atoms with E-state index < -0.39 is 23.2 Å². The van der Waals surface area contributed by atoms with Crippen LogP contribution in [0.25, 0.3) is 0 Å². The number of halogens is 3. The van der Waals surface area contributed by atoms with E-state index in [2.05, 4.69) is 5.32 Å². The zero-order valence-electron chi connectivity index (χ0n) is 16.4. The van der Waals surface area contributed by atoms with Crippen molar-refractivity contribution in [2.75, 3.05) is 26.2 Å². The summed E-state index contributed by atoms with van der Waals surface area (Å²) in [5.74, 6) is -0.551. The molecule has 1 N–H and O–H groups in total. The molecule has 28 heavy (non-hydrogen) atoms. The number of amides is 2. The molecule has 1 heterocycles. The van der Waals surface area contributed by atoms with Crippen molar-refractivity contribution in [1.29, 1.82) is 0 Å². The van der Waals surface area contributed by atoms with Crippen LogP contribution in [0.1, 0.15) is 44.7 Å². The molecule has 1 atom stereocenters. The topological polar surface area (TPSA) is 58.6 Å². The van der Waals surface area contributed by atoms with Crippen LogP contribution in [0.15, 0.2) is 24.3 Å². The number of nitrogens with one attached hydrogen (secondary N) is 1. The number of carbonyl (C=O) groups excluding carboxylic acids is 2. The second kappa shape index (κ2) is 8.84. The fraction of sp³-hybridized carbons (Fsp3) is 0.600. The predicted octanol–water partition coefficient (Wildman–Crippen LogP) is 3.97. The van der Waals surface area contributed by atoms with Crippen molar-refractivity contribution in [1.82, 2.24) is 10.2 Å². The first-order chi connectivity index (χ1) is 13.0. The first-order valence-corrected chi connectivity index (χ1v) is 9.41. The zero-order chi connectivity index (χ0) is 20.9. The van der Waals surface area contributed by atoms with Gasteiger partial charge in [-0.15, -0.1) is 0 Å². The van der Waals surface area contributed by atoms with Crippen molar-refractivity contribution >= 4 is 12.0 Å². The number of benzene rings is 1. The Kier molecular flexibility index (Phi) is 6.96. The van der Waals surface area contributed by atoms with Gasteiger partial charge in [0.25, 0.3) is 0 Å². The van der Waals surface area contributed by atoms with Crippen LogP contribution in [0, 0.1) is 5.92 Å². The highest BCUT2D eigenvalue weighted by Gasteiger charge is 2.33. The number of likely N-dealkylation sites (tertiary alicyclic amines) is 1. The predicted molar refractivity (Wildman–Crippen MR) is 98.8 cm³/mol. The highest BCUT2D eigenvalue weighted by molar-refractivity contribution is 5.80. The number of piperidine rings is 1. The molecule has 2 amide bonds. The molecule has 1 saturated heterocycles. The lowest BCUT2D eigenvalue weighted by molar-refractivity contribution is -0.137. The van der Waals surface area contributed by atoms with E-state index in [-0.39, 0.29) is 31.5 Å². The van der Waals surface area contributed by atoms with Crippen LogP contribution < -0.4 is 5.32 Å². The van der Waals surface area contributed by atoms with Gasteiger partial charge in [-0.25, -0.2) is 4.79 Å². The Labute approximate surface area is 163 Å². The Morgan fingerprint density at radius 3 is 2.57 bits per heavy atom. The number of rotatable bonds is 5. The van der Waals surface area contributed by atoms with E-state index in [4.69, 9.17) is 4.74 Å². The van der Waals surface area contributed by atoms with E-state index in [0.29, 0.717) is 24.9 Å². The number of hydrogen-bond acceptors (Lipinski definition) is 3. The number of ether oxygens (including phenoxy) is 1. The average Bonchev–Trinajstić information content (AvgIpc) is 2.66. The van der Waals surface area contributed by atoms with Gasteiger partial charge in [0.2, 0.25) is 5.91 Å². The van der Waals surface area contributed by atoms with Gasteiger partial charge in [0.05, 0.1) is 18.1 Å². The summed E-state index contributed by atoms with van der Waals surface area (Å²) in [6.07, 6.45) is -3.47. The van der Waals surface area contributed by atoms with E-state index in [9.17, 15) is 22.8 Å². The highest BCUT2D eigenvalue weighted by Crippen LogP contribution is 2.32. The molecule has 0 bridgehead atoms. The van der Waals surface area contributed by atoms with Gasteiger partial charge in [-0.1, -0.05) is 32.0 Å². The molecular weight excluding hydrogens is 373 g/mol. The fourth-order valence-electron chi connectivity index (χ4n) is 3.24. The molecule has 8 heteroatoms. The van der Waals surface area contributed by atoms with Crippen molar-refractivity contribution in [3.05, 3.63) is 35.4 Å². The summed E-state index contributed by atoms with van der Waals surface area (Å²) in [7, 11) is 0. The number of carbonyl (C=O) groups is 2. The van der Waals surface area contributed by atoms with Gasteiger partial charge in [0.1, 0.15) is 0 Å². The SMILES string of the molecule is CCOC(=O)N1CCCC(C(=O)NCC(C)(C)c2cccc(C(F)(F)F)c2)C1. The third kappa shape index (κ3) is 5.62. The molecule has 156 valence electrons. The molecule has 1 fully saturated rings. The van der Waals surface area contributed by atoms with Gasteiger partial charge in [0, 0.05) is 25.0 Å². The van der Waals surface area contributed by atoms with Crippen LogP contribution in [0.3, 0.4) is 0 Å². The van der Waals surface area contributed by atoms with E-state index in [1.54, 1.807) is 26.8 Å². The van der Waals surface area contributed by atoms with Gasteiger partial charge in [-0.2, -0.15) is 13.2 Å². The molecule has 1 aromatic rings. The molecule has 0 aliphatic carbocycles. The second-order valence-electron chi connectivity index (χ2n) is 7.66. The molecule has 1 aromatic carbocycles. The van der Waals surface area contributed by atoms with E-state index in [1.807, 2.05) is 0 Å². The standard InChI is InChI=1S/C20H27F3N2O3/c1-4-28-18(27)25-10-6-7-14(12-25)17(26)24-13-19(2,3)15-8-5-9-16(11-15)20(21,22)23/h5,8-9,11,14H,4,6-7,10,12-13H2,1-3H3,(H,24,26). The third-order valence-corrected chi connectivity index (χ3v) is 4.99. The molecule has 1 aliphatic heterocycles.